The molecule has 1 aliphatic rings. The maximum atomic E-state index is 13.7. The van der Waals surface area contributed by atoms with Crippen LogP contribution in [0.25, 0.3) is 22.1 Å². The van der Waals surface area contributed by atoms with E-state index in [4.69, 9.17) is 29.3 Å². The highest BCUT2D eigenvalue weighted by atomic mass is 16.5. The number of imidazole rings is 2. The summed E-state index contributed by atoms with van der Waals surface area (Å²) in [6.07, 6.45) is 4.53. The van der Waals surface area contributed by atoms with Crippen molar-refractivity contribution in [1.29, 1.82) is 0 Å². The minimum absolute atomic E-state index is 0.0664. The van der Waals surface area contributed by atoms with Crippen LogP contribution in [0.2, 0.25) is 0 Å². The average molecular weight is 765 g/mol. The Morgan fingerprint density at radius 2 is 1.41 bits per heavy atom. The van der Waals surface area contributed by atoms with Crippen LogP contribution in [0.1, 0.15) is 79.3 Å². The number of aryl methyl sites for hydroxylation is 4. The van der Waals surface area contributed by atoms with Crippen LogP contribution < -0.4 is 25.8 Å². The monoisotopic (exact) mass is 764 g/mol. The molecule has 0 fully saturated rings. The number of esters is 1. The molecule has 0 saturated carbocycles. The number of aromatic nitrogens is 7. The first-order valence-electron chi connectivity index (χ1n) is 18.0. The summed E-state index contributed by atoms with van der Waals surface area (Å²) >= 11 is 0. The van der Waals surface area contributed by atoms with E-state index in [1.165, 1.54) is 19.2 Å². The van der Waals surface area contributed by atoms with E-state index < -0.39 is 23.7 Å². The van der Waals surface area contributed by atoms with Crippen molar-refractivity contribution in [3.8, 4) is 11.5 Å². The summed E-state index contributed by atoms with van der Waals surface area (Å²) in [6, 6.07) is 7.91. The van der Waals surface area contributed by atoms with Crippen molar-refractivity contribution in [2.45, 2.75) is 60.2 Å². The summed E-state index contributed by atoms with van der Waals surface area (Å²) in [5.74, 6) is -0.816. The second-order valence-electron chi connectivity index (χ2n) is 12.9. The van der Waals surface area contributed by atoms with Gasteiger partial charge >= 0.3 is 5.97 Å². The first-order chi connectivity index (χ1) is 27.0. The molecule has 0 radical (unpaired) electrons. The minimum atomic E-state index is -0.682. The quantitative estimate of drug-likeness (QED) is 0.143. The molecule has 1 aliphatic heterocycles. The third-order valence-corrected chi connectivity index (χ3v) is 9.10. The Hall–Kier alpha value is -6.98. The molecule has 0 bridgehead atoms. The second kappa shape index (κ2) is 15.4. The van der Waals surface area contributed by atoms with Crippen LogP contribution in [0.4, 0.5) is 11.9 Å². The number of primary amides is 1. The van der Waals surface area contributed by atoms with Gasteiger partial charge in [-0.2, -0.15) is 5.10 Å². The lowest BCUT2D eigenvalue weighted by molar-refractivity contribution is 0.0600. The lowest BCUT2D eigenvalue weighted by Gasteiger charge is -2.13. The standard InChI is InChI=1S/C38H40N10O8/c1-6-24-32(56-21(4)40-24)35(51)44-38-41-25-16-22(33(39)49)18-28-30(25)47(38)12-9-8-11-46-31-26(17-23(36(52)53-5)19-29(31)55-14-10-13-54-28)42-37(46)43-34(50)27-15-20(3)45-48(27)7-2/h8-9,15-19H,6-7,10-14H2,1-5H3,(H2,39,49)(H,41,44,51)(H,42,43,50)/b9-8+. The summed E-state index contributed by atoms with van der Waals surface area (Å²) in [6.45, 7) is 8.36. The fourth-order valence-corrected chi connectivity index (χ4v) is 6.57. The van der Waals surface area contributed by atoms with Gasteiger partial charge in [-0.05, 0) is 50.6 Å². The van der Waals surface area contributed by atoms with E-state index in [1.807, 2.05) is 26.0 Å². The third kappa shape index (κ3) is 7.15. The van der Waals surface area contributed by atoms with E-state index in [2.05, 4.69) is 25.7 Å². The summed E-state index contributed by atoms with van der Waals surface area (Å²) in [5, 5.41) is 10.2. The van der Waals surface area contributed by atoms with Crippen LogP contribution in [0, 0.1) is 13.8 Å². The summed E-state index contributed by atoms with van der Waals surface area (Å²) < 4.78 is 28.3. The molecule has 56 heavy (non-hydrogen) atoms. The molecule has 2 aromatic carbocycles. The molecule has 4 N–H and O–H groups in total. The number of carbonyl (C=O) groups excluding carboxylic acids is 4. The van der Waals surface area contributed by atoms with Crippen LogP contribution >= 0.6 is 0 Å². The molecular weight excluding hydrogens is 724 g/mol. The van der Waals surface area contributed by atoms with Crippen LogP contribution in [0.15, 0.2) is 46.9 Å². The average Bonchev–Trinajstić information content (AvgIpc) is 3.94. The van der Waals surface area contributed by atoms with Crippen molar-refractivity contribution in [3.63, 3.8) is 0 Å². The van der Waals surface area contributed by atoms with E-state index in [-0.39, 0.29) is 55.1 Å². The van der Waals surface area contributed by atoms with E-state index >= 15 is 0 Å². The topological polar surface area (TPSA) is 226 Å². The van der Waals surface area contributed by atoms with Gasteiger partial charge in [0, 0.05) is 38.5 Å². The zero-order chi connectivity index (χ0) is 39.7. The molecule has 18 nitrogen and oxygen atoms in total. The van der Waals surface area contributed by atoms with Crippen molar-refractivity contribution in [3.05, 3.63) is 82.3 Å². The molecular formula is C38H40N10O8. The molecule has 0 aliphatic carbocycles. The Labute approximate surface area is 319 Å². The Morgan fingerprint density at radius 3 is 1.98 bits per heavy atom. The van der Waals surface area contributed by atoms with Gasteiger partial charge in [0.15, 0.2) is 5.89 Å². The van der Waals surface area contributed by atoms with Gasteiger partial charge in [0.05, 0.1) is 48.3 Å². The van der Waals surface area contributed by atoms with Gasteiger partial charge in [0.25, 0.3) is 11.8 Å². The molecule has 5 heterocycles. The van der Waals surface area contributed by atoms with Crippen molar-refractivity contribution >= 4 is 57.7 Å². The Morgan fingerprint density at radius 1 is 0.821 bits per heavy atom. The highest BCUT2D eigenvalue weighted by molar-refractivity contribution is 6.05. The third-order valence-electron chi connectivity index (χ3n) is 9.10. The predicted octanol–water partition coefficient (Wildman–Crippen LogP) is 4.58. The molecule has 4 aromatic heterocycles. The van der Waals surface area contributed by atoms with Crippen LogP contribution in [0.3, 0.4) is 0 Å². The highest BCUT2D eigenvalue weighted by Crippen LogP contribution is 2.34. The van der Waals surface area contributed by atoms with E-state index in [0.29, 0.717) is 75.9 Å². The molecule has 6 aromatic rings. The van der Waals surface area contributed by atoms with Gasteiger partial charge in [0.1, 0.15) is 28.2 Å². The van der Waals surface area contributed by atoms with Crippen molar-refractivity contribution in [2.24, 2.45) is 5.73 Å². The number of nitrogens with one attached hydrogen (secondary N) is 2. The lowest BCUT2D eigenvalue weighted by Crippen LogP contribution is -2.20. The zero-order valence-electron chi connectivity index (χ0n) is 31.5. The number of methoxy groups -OCH3 is 1. The molecule has 7 rings (SSSR count). The number of anilines is 2. The smallest absolute Gasteiger partial charge is 0.338 e. The number of carbonyl (C=O) groups is 4. The van der Waals surface area contributed by atoms with Gasteiger partial charge in [-0.3, -0.25) is 29.7 Å². The number of nitrogens with two attached hydrogens (primary N) is 1. The molecule has 3 amide bonds. The van der Waals surface area contributed by atoms with Crippen LogP contribution in [0.5, 0.6) is 11.5 Å². The first-order valence-corrected chi connectivity index (χ1v) is 18.0. The number of rotatable bonds is 8. The predicted molar refractivity (Wildman–Crippen MR) is 203 cm³/mol. The number of hydrogen-bond donors (Lipinski definition) is 3. The van der Waals surface area contributed by atoms with Crippen molar-refractivity contribution < 1.29 is 37.8 Å². The van der Waals surface area contributed by atoms with E-state index in [0.717, 1.165) is 0 Å². The fraction of sp³-hybridized carbons (Fsp3) is 0.316. The minimum Gasteiger partial charge on any atom is -0.491 e. The van der Waals surface area contributed by atoms with Gasteiger partial charge in [-0.1, -0.05) is 19.1 Å². The van der Waals surface area contributed by atoms with Crippen LogP contribution in [-0.4, -0.2) is 77.9 Å². The molecule has 290 valence electrons. The van der Waals surface area contributed by atoms with Crippen molar-refractivity contribution in [2.75, 3.05) is 31.0 Å². The molecule has 0 spiro atoms. The summed E-state index contributed by atoms with van der Waals surface area (Å²) in [5.41, 5.74) is 9.37. The Balaban J connectivity index is 1.32. The molecule has 0 atom stereocenters. The largest absolute Gasteiger partial charge is 0.491 e. The highest BCUT2D eigenvalue weighted by Gasteiger charge is 2.25. The maximum absolute atomic E-state index is 13.7. The SMILES string of the molecule is CCc1nc(C)oc1C(=O)Nc1nc2cc(C(N)=O)cc3c2n1C/C=C/Cn1c(NC(=O)c2cc(C)nn2CC)nc2cc(C(=O)OC)cc(c21)OCCCO3. The van der Waals surface area contributed by atoms with Gasteiger partial charge in [0.2, 0.25) is 23.6 Å². The number of benzene rings is 2. The normalized spacial score (nSPS) is 13.7. The molecule has 0 unspecified atom stereocenters. The lowest BCUT2D eigenvalue weighted by atomic mass is 10.1. The van der Waals surface area contributed by atoms with E-state index in [1.54, 1.807) is 45.9 Å². The summed E-state index contributed by atoms with van der Waals surface area (Å²) in [4.78, 5) is 66.1. The van der Waals surface area contributed by atoms with E-state index in [9.17, 15) is 19.2 Å². The van der Waals surface area contributed by atoms with Crippen LogP contribution in [-0.2, 0) is 30.8 Å². The number of oxazole rings is 1. The number of nitrogens with zero attached hydrogens (tertiary/aromatic N) is 7. The van der Waals surface area contributed by atoms with Gasteiger partial charge in [-0.15, -0.1) is 0 Å². The Kier molecular flexibility index (Phi) is 10.3. The van der Waals surface area contributed by atoms with Gasteiger partial charge in [-0.25, -0.2) is 19.7 Å². The number of allylic oxidation sites excluding steroid dienone is 2. The van der Waals surface area contributed by atoms with Gasteiger partial charge < -0.3 is 33.5 Å². The summed E-state index contributed by atoms with van der Waals surface area (Å²) in [7, 11) is 1.28. The first kappa shape index (κ1) is 37.3. The number of ether oxygens (including phenoxy) is 3. The molecule has 18 heteroatoms. The maximum Gasteiger partial charge on any atom is 0.338 e. The fourth-order valence-electron chi connectivity index (χ4n) is 6.57. The van der Waals surface area contributed by atoms with Crippen molar-refractivity contribution in [1.82, 2.24) is 33.9 Å². The zero-order valence-corrected chi connectivity index (χ0v) is 31.5. The number of amides is 3. The Bertz CT molecular complexity index is 2560. The second-order valence-corrected chi connectivity index (χ2v) is 12.9. The molecule has 0 saturated heterocycles. The number of hydrogen-bond acceptors (Lipinski definition) is 12.